The highest BCUT2D eigenvalue weighted by Gasteiger charge is 2.29. The topological polar surface area (TPSA) is 78.3 Å². The van der Waals surface area contributed by atoms with Gasteiger partial charge in [0.1, 0.15) is 11.6 Å². The van der Waals surface area contributed by atoms with Crippen LogP contribution >= 0.6 is 0 Å². The van der Waals surface area contributed by atoms with Crippen LogP contribution < -0.4 is 5.32 Å². The Labute approximate surface area is 151 Å². The number of fused-ring (bicyclic) bond motifs is 1. The Bertz CT molecular complexity index is 910. The van der Waals surface area contributed by atoms with Crippen molar-refractivity contribution in [3.63, 3.8) is 0 Å². The number of hydrogen-bond donors (Lipinski definition) is 1. The molecule has 1 fully saturated rings. The van der Waals surface area contributed by atoms with Gasteiger partial charge in [0.05, 0.1) is 37.7 Å². The summed E-state index contributed by atoms with van der Waals surface area (Å²) in [7, 11) is 1.62. The highest BCUT2D eigenvalue weighted by Crippen LogP contribution is 2.15. The minimum Gasteiger partial charge on any atom is -0.377 e. The molecule has 0 radical (unpaired) electrons. The normalized spacial score (nSPS) is 19.7. The first kappa shape index (κ1) is 16.7. The van der Waals surface area contributed by atoms with Gasteiger partial charge in [0.25, 0.3) is 5.91 Å². The number of carbonyl (C=O) groups excluding carboxylic acids is 1. The summed E-state index contributed by atoms with van der Waals surface area (Å²) in [5.41, 5.74) is 3.09. The van der Waals surface area contributed by atoms with Crippen molar-refractivity contribution < 1.29 is 14.3 Å². The Balaban J connectivity index is 1.52. The molecule has 1 aliphatic heterocycles. The van der Waals surface area contributed by atoms with Crippen molar-refractivity contribution in [2.75, 3.05) is 20.3 Å². The zero-order valence-corrected chi connectivity index (χ0v) is 14.5. The number of nitrogens with zero attached hydrogens (tertiary/aromatic N) is 3. The number of benzene rings is 1. The van der Waals surface area contributed by atoms with Gasteiger partial charge in [0.2, 0.25) is 0 Å². The molecule has 1 N–H and O–H groups in total. The molecule has 2 aromatic heterocycles. The monoisotopic (exact) mass is 352 g/mol. The van der Waals surface area contributed by atoms with Crippen LogP contribution in [0.3, 0.4) is 0 Å². The summed E-state index contributed by atoms with van der Waals surface area (Å²) in [6.45, 7) is 1.62. The van der Waals surface area contributed by atoms with E-state index in [0.717, 1.165) is 5.65 Å². The summed E-state index contributed by atoms with van der Waals surface area (Å²) in [6, 6.07) is 11.7. The van der Waals surface area contributed by atoms with E-state index in [1.54, 1.807) is 25.7 Å². The largest absolute Gasteiger partial charge is 0.377 e. The van der Waals surface area contributed by atoms with Gasteiger partial charge in [-0.2, -0.15) is 0 Å². The first-order valence-electron chi connectivity index (χ1n) is 8.51. The zero-order chi connectivity index (χ0) is 17.9. The summed E-state index contributed by atoms with van der Waals surface area (Å²) < 4.78 is 12.6. The molecular weight excluding hydrogens is 332 g/mol. The molecule has 3 aromatic rings. The number of pyridine rings is 1. The molecule has 1 aromatic carbocycles. The standard InChI is InChI=1S/C19H20N4O3/c1-25-17-11-26-10-16(17)22-19(24)14-7-15-18(20-8-14)23(12-21-15)9-13-5-3-2-4-6-13/h2-8,12,16-17H,9-11H2,1H3,(H,22,24)/t16-,17+/m0/s1. The molecule has 2 atom stereocenters. The molecule has 1 saturated heterocycles. The molecule has 1 aliphatic rings. The number of aromatic nitrogens is 3. The lowest BCUT2D eigenvalue weighted by Gasteiger charge is -2.17. The number of amides is 1. The van der Waals surface area contributed by atoms with Gasteiger partial charge in [-0.25, -0.2) is 9.97 Å². The lowest BCUT2D eigenvalue weighted by molar-refractivity contribution is 0.0685. The maximum absolute atomic E-state index is 12.5. The number of carbonyl (C=O) groups is 1. The smallest absolute Gasteiger partial charge is 0.253 e. The van der Waals surface area contributed by atoms with Gasteiger partial charge < -0.3 is 19.4 Å². The summed E-state index contributed by atoms with van der Waals surface area (Å²) in [6.07, 6.45) is 3.21. The molecule has 134 valence electrons. The van der Waals surface area contributed by atoms with Crippen molar-refractivity contribution in [2.45, 2.75) is 18.7 Å². The summed E-state index contributed by atoms with van der Waals surface area (Å²) in [4.78, 5) is 21.3. The molecule has 4 rings (SSSR count). The van der Waals surface area contributed by atoms with E-state index in [-0.39, 0.29) is 18.1 Å². The van der Waals surface area contributed by atoms with Crippen molar-refractivity contribution in [3.8, 4) is 0 Å². The molecule has 0 aliphatic carbocycles. The fourth-order valence-corrected chi connectivity index (χ4v) is 3.12. The Morgan fingerprint density at radius 2 is 2.15 bits per heavy atom. The quantitative estimate of drug-likeness (QED) is 0.755. The predicted molar refractivity (Wildman–Crippen MR) is 95.9 cm³/mol. The molecular formula is C19H20N4O3. The van der Waals surface area contributed by atoms with Gasteiger partial charge in [-0.15, -0.1) is 0 Å². The van der Waals surface area contributed by atoms with E-state index in [1.807, 2.05) is 22.8 Å². The number of rotatable bonds is 5. The van der Waals surface area contributed by atoms with Crippen molar-refractivity contribution in [3.05, 3.63) is 60.0 Å². The summed E-state index contributed by atoms with van der Waals surface area (Å²) in [5.74, 6) is -0.199. The maximum Gasteiger partial charge on any atom is 0.253 e. The van der Waals surface area contributed by atoms with E-state index in [2.05, 4.69) is 27.4 Å². The van der Waals surface area contributed by atoms with E-state index in [9.17, 15) is 4.79 Å². The predicted octanol–water partition coefficient (Wildman–Crippen LogP) is 1.62. The fraction of sp³-hybridized carbons (Fsp3) is 0.316. The van der Waals surface area contributed by atoms with Crippen LogP contribution in [0.2, 0.25) is 0 Å². The van der Waals surface area contributed by atoms with Crippen LogP contribution in [-0.2, 0) is 16.0 Å². The molecule has 0 bridgehead atoms. The highest BCUT2D eigenvalue weighted by atomic mass is 16.5. The van der Waals surface area contributed by atoms with E-state index >= 15 is 0 Å². The second kappa shape index (κ2) is 7.23. The number of imidazole rings is 1. The summed E-state index contributed by atoms with van der Waals surface area (Å²) >= 11 is 0. The van der Waals surface area contributed by atoms with E-state index in [0.29, 0.717) is 30.8 Å². The van der Waals surface area contributed by atoms with Gasteiger partial charge in [-0.1, -0.05) is 30.3 Å². The Kier molecular flexibility index (Phi) is 4.64. The van der Waals surface area contributed by atoms with Crippen LogP contribution in [0, 0.1) is 0 Å². The van der Waals surface area contributed by atoms with Gasteiger partial charge in [-0.3, -0.25) is 4.79 Å². The van der Waals surface area contributed by atoms with Crippen LogP contribution in [0.5, 0.6) is 0 Å². The van der Waals surface area contributed by atoms with E-state index < -0.39 is 0 Å². The van der Waals surface area contributed by atoms with Crippen molar-refractivity contribution in [2.24, 2.45) is 0 Å². The number of hydrogen-bond acceptors (Lipinski definition) is 5. The summed E-state index contributed by atoms with van der Waals surface area (Å²) in [5, 5.41) is 2.94. The van der Waals surface area contributed by atoms with Crippen LogP contribution in [0.25, 0.3) is 11.2 Å². The first-order chi connectivity index (χ1) is 12.7. The third-order valence-corrected chi connectivity index (χ3v) is 4.56. The molecule has 0 unspecified atom stereocenters. The van der Waals surface area contributed by atoms with Crippen molar-refractivity contribution in [1.82, 2.24) is 19.9 Å². The first-order valence-corrected chi connectivity index (χ1v) is 8.51. The van der Waals surface area contributed by atoms with E-state index in [4.69, 9.17) is 9.47 Å². The van der Waals surface area contributed by atoms with Gasteiger partial charge in [0, 0.05) is 13.3 Å². The third kappa shape index (κ3) is 3.31. The average molecular weight is 352 g/mol. The van der Waals surface area contributed by atoms with Crippen LogP contribution in [0.1, 0.15) is 15.9 Å². The number of methoxy groups -OCH3 is 1. The second-order valence-corrected chi connectivity index (χ2v) is 6.32. The lowest BCUT2D eigenvalue weighted by Crippen LogP contribution is -2.43. The Morgan fingerprint density at radius 3 is 2.96 bits per heavy atom. The zero-order valence-electron chi connectivity index (χ0n) is 14.5. The molecule has 1 amide bonds. The lowest BCUT2D eigenvalue weighted by atomic mass is 10.2. The van der Waals surface area contributed by atoms with Crippen molar-refractivity contribution >= 4 is 17.1 Å². The van der Waals surface area contributed by atoms with Crippen LogP contribution in [0.15, 0.2) is 48.9 Å². The van der Waals surface area contributed by atoms with Gasteiger partial charge in [-0.05, 0) is 11.6 Å². The molecule has 7 nitrogen and oxygen atoms in total. The fourth-order valence-electron chi connectivity index (χ4n) is 3.12. The molecule has 3 heterocycles. The second-order valence-electron chi connectivity index (χ2n) is 6.32. The Hall–Kier alpha value is -2.77. The van der Waals surface area contributed by atoms with E-state index in [1.165, 1.54) is 5.56 Å². The minimum absolute atomic E-state index is 0.124. The van der Waals surface area contributed by atoms with Crippen molar-refractivity contribution in [1.29, 1.82) is 0 Å². The third-order valence-electron chi connectivity index (χ3n) is 4.56. The molecule has 26 heavy (non-hydrogen) atoms. The molecule has 0 spiro atoms. The number of nitrogens with one attached hydrogen (secondary N) is 1. The molecule has 0 saturated carbocycles. The van der Waals surface area contributed by atoms with Gasteiger partial charge >= 0.3 is 0 Å². The number of ether oxygens (including phenoxy) is 2. The van der Waals surface area contributed by atoms with Crippen LogP contribution in [-0.4, -0.2) is 52.9 Å². The highest BCUT2D eigenvalue weighted by molar-refractivity contribution is 5.96. The SMILES string of the molecule is CO[C@@H]1COC[C@@H]1NC(=O)c1cnc2c(c1)ncn2Cc1ccccc1. The van der Waals surface area contributed by atoms with Crippen LogP contribution in [0.4, 0.5) is 0 Å². The average Bonchev–Trinajstić information content (AvgIpc) is 3.29. The minimum atomic E-state index is -0.199. The molecule has 7 heteroatoms. The Morgan fingerprint density at radius 1 is 1.31 bits per heavy atom. The van der Waals surface area contributed by atoms with Gasteiger partial charge in [0.15, 0.2) is 5.65 Å². The maximum atomic E-state index is 12.5.